The van der Waals surface area contributed by atoms with Crippen LogP contribution in [0.2, 0.25) is 0 Å². The molecule has 4 atom stereocenters. The van der Waals surface area contributed by atoms with E-state index in [4.69, 9.17) is 0 Å². The van der Waals surface area contributed by atoms with Crippen molar-refractivity contribution in [3.8, 4) is 0 Å². The van der Waals surface area contributed by atoms with Crippen molar-refractivity contribution in [3.63, 3.8) is 0 Å². The van der Waals surface area contributed by atoms with Gasteiger partial charge in [0.25, 0.3) is 0 Å². The van der Waals surface area contributed by atoms with Crippen molar-refractivity contribution in [1.82, 2.24) is 0 Å². The lowest BCUT2D eigenvalue weighted by Gasteiger charge is -2.42. The van der Waals surface area contributed by atoms with Crippen molar-refractivity contribution in [2.75, 3.05) is 0 Å². The van der Waals surface area contributed by atoms with E-state index in [1.165, 1.54) is 63.9 Å². The van der Waals surface area contributed by atoms with Crippen LogP contribution >= 0.6 is 0 Å². The molecule has 0 aromatic heterocycles. The lowest BCUT2D eigenvalue weighted by molar-refractivity contribution is 0.112. The minimum Gasteiger partial charge on any atom is -0.206 e. The van der Waals surface area contributed by atoms with Crippen LogP contribution in [0.25, 0.3) is 10.8 Å². The predicted molar refractivity (Wildman–Crippen MR) is 114 cm³/mol. The zero-order valence-electron chi connectivity index (χ0n) is 17.2. The number of fused-ring (bicyclic) bond motifs is 2. The summed E-state index contributed by atoms with van der Waals surface area (Å²) >= 11 is 0. The Morgan fingerprint density at radius 1 is 0.857 bits per heavy atom. The van der Waals surface area contributed by atoms with Crippen molar-refractivity contribution in [2.45, 2.75) is 83.5 Å². The molecular formula is C26H34F2. The largest absolute Gasteiger partial charge is 0.206 e. The number of halogens is 2. The standard InChI is InChI=1S/C26H34F2/c1-2-3-4-5-7-18-10-11-21-17-22(13-12-20(21)16-18)23-15-14-19-8-6-9-24(27)25(19)26(23)28/h6,8-9,14-15,18,20-22H,2-5,7,10-13,16-17H2,1H3. The molecule has 2 fully saturated rings. The third-order valence-corrected chi connectivity index (χ3v) is 7.59. The number of hydrogen-bond donors (Lipinski definition) is 0. The van der Waals surface area contributed by atoms with E-state index in [1.807, 2.05) is 12.1 Å². The summed E-state index contributed by atoms with van der Waals surface area (Å²) in [4.78, 5) is 0. The summed E-state index contributed by atoms with van der Waals surface area (Å²) in [6.07, 6.45) is 14.3. The molecule has 2 aliphatic rings. The molecule has 152 valence electrons. The van der Waals surface area contributed by atoms with Crippen molar-refractivity contribution in [1.29, 1.82) is 0 Å². The Kier molecular flexibility index (Phi) is 6.33. The highest BCUT2D eigenvalue weighted by Gasteiger charge is 2.36. The minimum absolute atomic E-state index is 0.179. The second kappa shape index (κ2) is 8.93. The van der Waals surface area contributed by atoms with E-state index in [-0.39, 0.29) is 17.1 Å². The number of hydrogen-bond acceptors (Lipinski definition) is 0. The first-order valence-electron chi connectivity index (χ1n) is 11.5. The summed E-state index contributed by atoms with van der Waals surface area (Å²) < 4.78 is 29.4. The molecule has 0 spiro atoms. The zero-order chi connectivity index (χ0) is 19.5. The van der Waals surface area contributed by atoms with E-state index in [1.54, 1.807) is 12.1 Å². The fourth-order valence-electron chi connectivity index (χ4n) is 6.01. The van der Waals surface area contributed by atoms with Crippen molar-refractivity contribution >= 4 is 10.8 Å². The molecule has 0 radical (unpaired) electrons. The third kappa shape index (κ3) is 4.11. The normalized spacial score (nSPS) is 27.7. The molecule has 4 rings (SSSR count). The monoisotopic (exact) mass is 384 g/mol. The van der Waals surface area contributed by atoms with Gasteiger partial charge in [-0.05, 0) is 72.8 Å². The Bertz CT molecular complexity index is 796. The molecule has 0 aliphatic heterocycles. The lowest BCUT2D eigenvalue weighted by atomic mass is 9.63. The highest BCUT2D eigenvalue weighted by atomic mass is 19.1. The molecular weight excluding hydrogens is 350 g/mol. The summed E-state index contributed by atoms with van der Waals surface area (Å²) in [6, 6.07) is 8.64. The fourth-order valence-corrected chi connectivity index (χ4v) is 6.01. The van der Waals surface area contributed by atoms with Crippen LogP contribution in [0.1, 0.15) is 89.0 Å². The quantitative estimate of drug-likeness (QED) is 0.439. The third-order valence-electron chi connectivity index (χ3n) is 7.59. The molecule has 2 saturated carbocycles. The molecule has 28 heavy (non-hydrogen) atoms. The van der Waals surface area contributed by atoms with Crippen LogP contribution in [0.3, 0.4) is 0 Å². The summed E-state index contributed by atoms with van der Waals surface area (Å²) in [5, 5.41) is 0.844. The topological polar surface area (TPSA) is 0 Å². The number of benzene rings is 2. The summed E-state index contributed by atoms with van der Waals surface area (Å²) in [7, 11) is 0. The maximum atomic E-state index is 15.2. The van der Waals surface area contributed by atoms with E-state index < -0.39 is 5.82 Å². The second-order valence-corrected chi connectivity index (χ2v) is 9.37. The Morgan fingerprint density at radius 2 is 1.68 bits per heavy atom. The molecule has 2 aromatic rings. The van der Waals surface area contributed by atoms with E-state index in [2.05, 4.69) is 6.92 Å². The van der Waals surface area contributed by atoms with E-state index in [0.29, 0.717) is 5.39 Å². The smallest absolute Gasteiger partial charge is 0.137 e. The Balaban J connectivity index is 1.41. The van der Waals surface area contributed by atoms with Gasteiger partial charge < -0.3 is 0 Å². The Labute approximate surface area is 168 Å². The highest BCUT2D eigenvalue weighted by molar-refractivity contribution is 5.84. The maximum Gasteiger partial charge on any atom is 0.137 e. The van der Waals surface area contributed by atoms with Gasteiger partial charge in [-0.25, -0.2) is 8.78 Å². The fraction of sp³-hybridized carbons (Fsp3) is 0.615. The maximum absolute atomic E-state index is 15.2. The van der Waals surface area contributed by atoms with Gasteiger partial charge in [0.05, 0.1) is 5.39 Å². The molecule has 0 N–H and O–H groups in total. The van der Waals surface area contributed by atoms with E-state index >= 15 is 4.39 Å². The average Bonchev–Trinajstić information content (AvgIpc) is 2.71. The molecule has 0 heterocycles. The summed E-state index contributed by atoms with van der Waals surface area (Å²) in [5.74, 6) is 1.99. The van der Waals surface area contributed by atoms with Crippen LogP contribution < -0.4 is 0 Å². The van der Waals surface area contributed by atoms with Crippen LogP contribution in [0.4, 0.5) is 8.78 Å². The Hall–Kier alpha value is -1.44. The zero-order valence-corrected chi connectivity index (χ0v) is 17.2. The highest BCUT2D eigenvalue weighted by Crippen LogP contribution is 2.49. The van der Waals surface area contributed by atoms with Crippen molar-refractivity contribution < 1.29 is 8.78 Å². The van der Waals surface area contributed by atoms with Gasteiger partial charge in [-0.2, -0.15) is 0 Å². The average molecular weight is 385 g/mol. The number of unbranched alkanes of at least 4 members (excludes halogenated alkanes) is 3. The first-order chi connectivity index (χ1) is 13.7. The van der Waals surface area contributed by atoms with E-state index in [0.717, 1.165) is 36.2 Å². The molecule has 0 saturated heterocycles. The van der Waals surface area contributed by atoms with Gasteiger partial charge in [0.2, 0.25) is 0 Å². The van der Waals surface area contributed by atoms with Gasteiger partial charge in [0.15, 0.2) is 0 Å². The van der Waals surface area contributed by atoms with Gasteiger partial charge in [-0.3, -0.25) is 0 Å². The van der Waals surface area contributed by atoms with Gasteiger partial charge in [-0.15, -0.1) is 0 Å². The van der Waals surface area contributed by atoms with Crippen LogP contribution in [0, 0.1) is 29.4 Å². The van der Waals surface area contributed by atoms with Gasteiger partial charge in [0.1, 0.15) is 11.6 Å². The first kappa shape index (κ1) is 19.9. The summed E-state index contributed by atoms with van der Waals surface area (Å²) in [6.45, 7) is 2.27. The molecule has 2 aliphatic carbocycles. The van der Waals surface area contributed by atoms with Gasteiger partial charge >= 0.3 is 0 Å². The molecule has 2 heteroatoms. The SMILES string of the molecule is CCCCCCC1CCC2CC(c3ccc4cccc(F)c4c3F)CCC2C1. The van der Waals surface area contributed by atoms with E-state index in [9.17, 15) is 4.39 Å². The molecule has 0 bridgehead atoms. The van der Waals surface area contributed by atoms with Crippen LogP contribution in [0.15, 0.2) is 30.3 Å². The van der Waals surface area contributed by atoms with Crippen molar-refractivity contribution in [2.24, 2.45) is 17.8 Å². The Morgan fingerprint density at radius 3 is 2.54 bits per heavy atom. The lowest BCUT2D eigenvalue weighted by Crippen LogP contribution is -2.30. The van der Waals surface area contributed by atoms with Crippen LogP contribution in [-0.4, -0.2) is 0 Å². The molecule has 0 amide bonds. The molecule has 0 nitrogen and oxygen atoms in total. The predicted octanol–water partition coefficient (Wildman–Crippen LogP) is 8.39. The summed E-state index contributed by atoms with van der Waals surface area (Å²) in [5.41, 5.74) is 0.748. The van der Waals surface area contributed by atoms with Crippen LogP contribution in [0.5, 0.6) is 0 Å². The number of rotatable bonds is 6. The molecule has 2 aromatic carbocycles. The van der Waals surface area contributed by atoms with Crippen molar-refractivity contribution in [3.05, 3.63) is 47.5 Å². The minimum atomic E-state index is -0.436. The second-order valence-electron chi connectivity index (χ2n) is 9.37. The van der Waals surface area contributed by atoms with Gasteiger partial charge in [0, 0.05) is 0 Å². The molecule has 4 unspecified atom stereocenters. The first-order valence-corrected chi connectivity index (χ1v) is 11.5. The van der Waals surface area contributed by atoms with Gasteiger partial charge in [-0.1, -0.05) is 69.7 Å². The van der Waals surface area contributed by atoms with Crippen LogP contribution in [-0.2, 0) is 0 Å².